The summed E-state index contributed by atoms with van der Waals surface area (Å²) in [6.45, 7) is 32.7. The molecule has 18 rings (SSSR count). The van der Waals surface area contributed by atoms with Gasteiger partial charge in [0.15, 0.2) is 0 Å². The van der Waals surface area contributed by atoms with E-state index >= 15 is 0 Å². The molecule has 0 radical (unpaired) electrons. The van der Waals surface area contributed by atoms with Gasteiger partial charge in [-0.15, -0.1) is 0 Å². The topological polar surface area (TPSA) is 471 Å². The molecule has 6 fully saturated rings. The summed E-state index contributed by atoms with van der Waals surface area (Å²) < 4.78 is 175. The minimum Gasteiger partial charge on any atom is -0.307 e. The van der Waals surface area contributed by atoms with Crippen LogP contribution in [0.2, 0.25) is 5.02 Å². The summed E-state index contributed by atoms with van der Waals surface area (Å²) in [5.41, 5.74) is 24.6. The molecule has 6 aromatic carbocycles. The monoisotopic (exact) mass is 2210 g/mol. The Morgan fingerprint density at radius 2 is 0.520 bits per heavy atom. The number of sulfonamides is 6. The lowest BCUT2D eigenvalue weighted by atomic mass is 9.92. The third-order valence-electron chi connectivity index (χ3n) is 30.5. The summed E-state index contributed by atoms with van der Waals surface area (Å²) in [6.07, 6.45) is 20.6. The maximum atomic E-state index is 13.9. The van der Waals surface area contributed by atoms with Crippen molar-refractivity contribution in [3.63, 3.8) is 0 Å². The number of rotatable bonds is 25. The van der Waals surface area contributed by atoms with Crippen molar-refractivity contribution in [2.24, 2.45) is 0 Å². The highest BCUT2D eigenvalue weighted by Gasteiger charge is 2.44. The second kappa shape index (κ2) is 49.6. The van der Waals surface area contributed by atoms with E-state index in [1.165, 1.54) is 78.9 Å². The lowest BCUT2D eigenvalue weighted by Gasteiger charge is -2.37. The van der Waals surface area contributed by atoms with Crippen molar-refractivity contribution in [2.75, 3.05) is 152 Å². The molecule has 0 aromatic heterocycles. The largest absolute Gasteiger partial charge is 0.332 e. The zero-order valence-electron chi connectivity index (χ0n) is 90.0. The van der Waals surface area contributed by atoms with Crippen LogP contribution in [0.3, 0.4) is 0 Å². The first-order valence-electron chi connectivity index (χ1n) is 52.9. The average molecular weight is 2220 g/mol. The predicted octanol–water partition coefficient (Wildman–Crippen LogP) is 14.7. The molecule has 6 aliphatic heterocycles. The third-order valence-corrected chi connectivity index (χ3v) is 40.7. The van der Waals surface area contributed by atoms with E-state index in [9.17, 15) is 83.7 Å². The summed E-state index contributed by atoms with van der Waals surface area (Å²) in [5.74, 6) is 0.266. The number of halogens is 2. The van der Waals surface area contributed by atoms with Crippen molar-refractivity contribution in [1.82, 2.24) is 57.7 Å². The minimum atomic E-state index is -3.73. The van der Waals surface area contributed by atoms with Gasteiger partial charge in [-0.2, -0.15) is 0 Å². The molecular formula is C106H156ClFN18O18S6. The van der Waals surface area contributed by atoms with Crippen LogP contribution in [-0.2, 0) is 137 Å². The molecule has 12 N–H and O–H groups in total. The number of amides is 12. The van der Waals surface area contributed by atoms with E-state index in [-0.39, 0.29) is 41.3 Å². The van der Waals surface area contributed by atoms with Gasteiger partial charge in [0.05, 0.1) is 5.25 Å². The third kappa shape index (κ3) is 29.2. The Bertz CT molecular complexity index is 6440. The Morgan fingerprint density at radius 1 is 0.293 bits per heavy atom. The van der Waals surface area contributed by atoms with Crippen LogP contribution in [0.5, 0.6) is 0 Å². The van der Waals surface area contributed by atoms with Gasteiger partial charge in [-0.05, 0) is 350 Å². The number of carbonyl (C=O) groups is 6. The summed E-state index contributed by atoms with van der Waals surface area (Å²) in [5, 5.41) is 14.2. The Hall–Kier alpha value is -9.38. The number of nitrogens with zero attached hydrogens (tertiary/aromatic N) is 6. The molecule has 0 bridgehead atoms. The number of hydrogen-bond donors (Lipinski definition) is 12. The summed E-state index contributed by atoms with van der Waals surface area (Å²) in [4.78, 5) is 86.0. The maximum Gasteiger partial charge on any atom is 0.332 e. The van der Waals surface area contributed by atoms with Gasteiger partial charge >= 0.3 is 36.2 Å². The first kappa shape index (κ1) is 118. The molecule has 12 amide bonds. The molecule has 0 spiro atoms. The quantitative estimate of drug-likeness (QED) is 0.0253. The SMILES string of the molecule is CC(C)c1cc(Cl)cc(C(C)C)c1NC(=O)NS(=O)(=O)C1CN(C)C1.CC(C)c1cc(F)cc(C(C)C)c1NC(=O)NS(=O)(=O)C1CN(C)C1.CC(C)c1cccc(C(C)C)c1NC(=O)NS(=O)(=O)C1CN(C)C1.CCN1CC(S(=O)(=O)NC(=O)Nc2c3c(cc4c2CCC4)CCC3)C1.CN1CC(S(=O)(=O)NC(=O)Nc2c3c(cc4c2CCC4)CCC3)C1.CN1CCCC(S(=O)(=O)NC(=O)Nc2c3c(cc4c2CCC4)CCC3)CC1. The van der Waals surface area contributed by atoms with Crippen LogP contribution in [0, 0.1) is 5.82 Å². The van der Waals surface area contributed by atoms with Crippen molar-refractivity contribution in [3.8, 4) is 0 Å². The summed E-state index contributed by atoms with van der Waals surface area (Å²) in [7, 11) is -12.6. The number of carbonyl (C=O) groups excluding carboxylic acids is 6. The molecule has 828 valence electrons. The van der Waals surface area contributed by atoms with Gasteiger partial charge < -0.3 is 61.3 Å². The Kier molecular flexibility index (Phi) is 38.9. The number of urea groups is 6. The van der Waals surface area contributed by atoms with E-state index in [2.05, 4.69) is 83.3 Å². The number of benzene rings is 6. The first-order valence-corrected chi connectivity index (χ1v) is 62.5. The zero-order valence-corrected chi connectivity index (χ0v) is 95.6. The number of anilines is 6. The van der Waals surface area contributed by atoms with Crippen molar-refractivity contribution in [3.05, 3.63) is 172 Å². The Balaban J connectivity index is 0.000000150. The number of hydrogen-bond acceptors (Lipinski definition) is 24. The smallest absolute Gasteiger partial charge is 0.307 e. The van der Waals surface area contributed by atoms with E-state index < -0.39 is 128 Å². The molecule has 12 aliphatic rings. The number of fused-ring (bicyclic) bond motifs is 6. The van der Waals surface area contributed by atoms with Crippen LogP contribution in [0.15, 0.2) is 60.7 Å². The maximum absolute atomic E-state index is 13.9. The van der Waals surface area contributed by atoms with E-state index in [0.717, 1.165) is 181 Å². The van der Waals surface area contributed by atoms with Gasteiger partial charge in [0, 0.05) is 105 Å². The van der Waals surface area contributed by atoms with Gasteiger partial charge in [-0.25, -0.2) is 112 Å². The molecule has 6 aliphatic carbocycles. The van der Waals surface area contributed by atoms with E-state index in [4.69, 9.17) is 11.6 Å². The molecule has 1 unspecified atom stereocenters. The molecule has 150 heavy (non-hydrogen) atoms. The highest BCUT2D eigenvalue weighted by molar-refractivity contribution is 7.92. The Morgan fingerprint density at radius 3 is 0.760 bits per heavy atom. The Labute approximate surface area is 892 Å². The number of para-hydroxylation sites is 1. The second-order valence-corrected chi connectivity index (χ2v) is 56.4. The van der Waals surface area contributed by atoms with Gasteiger partial charge in [-0.3, -0.25) is 0 Å². The van der Waals surface area contributed by atoms with Crippen molar-refractivity contribution in [2.45, 2.75) is 292 Å². The van der Waals surface area contributed by atoms with Crippen molar-refractivity contribution in [1.29, 1.82) is 0 Å². The molecule has 6 aromatic rings. The van der Waals surface area contributed by atoms with Gasteiger partial charge in [0.1, 0.15) is 32.1 Å². The van der Waals surface area contributed by atoms with E-state index in [1.807, 2.05) is 180 Å². The number of aryl methyl sites for hydroxylation is 6. The predicted molar refractivity (Wildman–Crippen MR) is 593 cm³/mol. The standard InChI is InChI=1S/C20H29N3O3S.C18H25N3O3S.C17H26ClN3O3S.C17H26FN3O3S.C17H23N3O3S.C17H27N3O3S/c1-23-11-4-7-16(10-12-23)27(25,26)22-20(24)21-19-17-8-2-5-14(17)13-15-6-3-9-18(15)19;1-2-21-10-14(11-21)25(23,24)20-18(22)19-17-15-7-3-5-12(15)9-13-6-4-8-16(13)17;2*1-10(2)14-6-12(18)7-15(11(3)4)16(14)19-17(22)20-25(23,24)13-8-21(5)9-13;1-20-9-13(10-20)24(22,23)19-17(21)18-16-14-6-2-4-11(14)8-12-5-3-7-15(12)16;1-11(2)14-7-6-8-15(12(3)4)16(14)18-17(21)19-24(22,23)13-9-20(5)10-13/h13,16H,2-12H2,1H3,(H2,21,22,24);9,14H,2-8,10-11H2,1H3,(H2,19,20,22);2*6-7,10-11,13H,8-9H2,1-5H3,(H2,19,20,22);8,13H,2-7,9-10H2,1H3,(H2,18,19,21);6-8,11-13H,9-10H2,1-5H3,(H2,18,19,21). The van der Waals surface area contributed by atoms with Gasteiger partial charge in [-0.1, -0.05) is 138 Å². The fourth-order valence-electron chi connectivity index (χ4n) is 22.0. The van der Waals surface area contributed by atoms with Crippen LogP contribution < -0.4 is 60.2 Å². The van der Waals surface area contributed by atoms with Crippen molar-refractivity contribution < 1.29 is 83.7 Å². The number of likely N-dealkylation sites (tertiary alicyclic amines) is 6. The van der Waals surface area contributed by atoms with Crippen LogP contribution in [0.4, 0.5) is 67.3 Å². The van der Waals surface area contributed by atoms with E-state index in [1.54, 1.807) is 0 Å². The van der Waals surface area contributed by atoms with Crippen LogP contribution in [-0.4, -0.2) is 268 Å². The molecule has 36 nitrogen and oxygen atoms in total. The molecule has 0 saturated carbocycles. The van der Waals surface area contributed by atoms with Crippen LogP contribution in [0.25, 0.3) is 0 Å². The molecule has 6 heterocycles. The summed E-state index contributed by atoms with van der Waals surface area (Å²) in [6, 6.07) is 15.0. The van der Waals surface area contributed by atoms with Gasteiger partial charge in [0.25, 0.3) is 0 Å². The highest BCUT2D eigenvalue weighted by Crippen LogP contribution is 2.45. The van der Waals surface area contributed by atoms with Crippen molar-refractivity contribution >= 4 is 142 Å². The van der Waals surface area contributed by atoms with Gasteiger partial charge in [0.2, 0.25) is 60.1 Å². The minimum absolute atomic E-state index is 0.0274. The number of nitrogens with one attached hydrogen (secondary N) is 12. The molecular weight excluding hydrogens is 2060 g/mol. The average Bonchev–Trinajstić information content (AvgIpc) is 1.63. The fourth-order valence-corrected chi connectivity index (χ4v) is 30.4. The first-order chi connectivity index (χ1) is 70.5. The molecule has 6 saturated heterocycles. The highest BCUT2D eigenvalue weighted by atomic mass is 35.5. The van der Waals surface area contributed by atoms with Crippen LogP contribution >= 0.6 is 11.6 Å². The normalized spacial score (nSPS) is 18.7. The lowest BCUT2D eigenvalue weighted by Crippen LogP contribution is -2.58. The second-order valence-electron chi connectivity index (χ2n) is 44.2. The zero-order chi connectivity index (χ0) is 109. The molecule has 1 atom stereocenters. The van der Waals surface area contributed by atoms with E-state index in [0.29, 0.717) is 112 Å². The fraction of sp³-hybridized carbons (Fsp3) is 0.604. The summed E-state index contributed by atoms with van der Waals surface area (Å²) >= 11 is 6.21. The lowest BCUT2D eigenvalue weighted by molar-refractivity contribution is 0.194. The molecule has 44 heteroatoms. The van der Waals surface area contributed by atoms with Crippen LogP contribution in [0.1, 0.15) is 283 Å².